The second-order valence-electron chi connectivity index (χ2n) is 7.06. The summed E-state index contributed by atoms with van der Waals surface area (Å²) in [6.45, 7) is 13.4. The molecule has 0 radical (unpaired) electrons. The zero-order chi connectivity index (χ0) is 15.4. The Morgan fingerprint density at radius 3 is 2.67 bits per heavy atom. The van der Waals surface area contributed by atoms with Crippen LogP contribution in [0, 0.1) is 18.8 Å². The zero-order valence-electron chi connectivity index (χ0n) is 14.4. The largest absolute Gasteiger partial charge is 0.316 e. The molecule has 0 amide bonds. The fourth-order valence-electron chi connectivity index (χ4n) is 3.04. The van der Waals surface area contributed by atoms with Gasteiger partial charge in [0, 0.05) is 17.3 Å². The summed E-state index contributed by atoms with van der Waals surface area (Å²) in [7, 11) is 0. The normalized spacial score (nSPS) is 19.6. The molecule has 1 aromatic heterocycles. The van der Waals surface area contributed by atoms with E-state index >= 15 is 0 Å². The average molecular weight is 289 g/mol. The smallest absolute Gasteiger partial charge is 0.131 e. The lowest BCUT2D eigenvalue weighted by atomic mass is 9.85. The first-order chi connectivity index (χ1) is 10.0. The Hall–Kier alpha value is -0.960. The fourth-order valence-corrected chi connectivity index (χ4v) is 3.04. The summed E-state index contributed by atoms with van der Waals surface area (Å²) in [6.07, 6.45) is 4.64. The molecule has 0 bridgehead atoms. The summed E-state index contributed by atoms with van der Waals surface area (Å²) in [5, 5.41) is 3.60. The summed E-state index contributed by atoms with van der Waals surface area (Å²) in [5.74, 6) is 2.99. The Balaban J connectivity index is 2.04. The Kier molecular flexibility index (Phi) is 5.74. The number of nitrogens with one attached hydrogen (secondary N) is 1. The molecule has 1 aromatic rings. The highest BCUT2D eigenvalue weighted by molar-refractivity contribution is 5.29. The molecule has 0 fully saturated rings. The lowest BCUT2D eigenvalue weighted by Crippen LogP contribution is -2.30. The highest BCUT2D eigenvalue weighted by Crippen LogP contribution is 2.27. The molecule has 2 unspecified atom stereocenters. The van der Waals surface area contributed by atoms with Crippen molar-refractivity contribution < 1.29 is 0 Å². The van der Waals surface area contributed by atoms with E-state index in [0.29, 0.717) is 5.92 Å². The SMILES string of the molecule is CCC(C)c1nc(C)c2c(n1)CCC(CNCC(C)C)C2. The van der Waals surface area contributed by atoms with Gasteiger partial charge in [0.1, 0.15) is 5.82 Å². The van der Waals surface area contributed by atoms with Gasteiger partial charge in [-0.2, -0.15) is 0 Å². The van der Waals surface area contributed by atoms with Gasteiger partial charge in [0.15, 0.2) is 0 Å². The van der Waals surface area contributed by atoms with E-state index in [0.717, 1.165) is 50.0 Å². The van der Waals surface area contributed by atoms with Crippen LogP contribution in [-0.4, -0.2) is 23.1 Å². The number of hydrogen-bond acceptors (Lipinski definition) is 3. The van der Waals surface area contributed by atoms with Crippen molar-refractivity contribution in [2.75, 3.05) is 13.1 Å². The molecule has 0 aliphatic heterocycles. The first-order valence-corrected chi connectivity index (χ1v) is 8.58. The highest BCUT2D eigenvalue weighted by Gasteiger charge is 2.23. The van der Waals surface area contributed by atoms with Crippen molar-refractivity contribution in [1.29, 1.82) is 0 Å². The standard InChI is InChI=1S/C18H31N3/c1-6-13(4)18-20-14(5)16-9-15(7-8-17(16)21-18)11-19-10-12(2)3/h12-13,15,19H,6-11H2,1-5H3. The number of nitrogens with zero attached hydrogens (tertiary/aromatic N) is 2. The number of hydrogen-bond donors (Lipinski definition) is 1. The molecule has 0 saturated carbocycles. The zero-order valence-corrected chi connectivity index (χ0v) is 14.4. The van der Waals surface area contributed by atoms with Crippen molar-refractivity contribution in [1.82, 2.24) is 15.3 Å². The maximum Gasteiger partial charge on any atom is 0.131 e. The van der Waals surface area contributed by atoms with Crippen LogP contribution in [-0.2, 0) is 12.8 Å². The number of rotatable bonds is 6. The summed E-state index contributed by atoms with van der Waals surface area (Å²) in [4.78, 5) is 9.62. The molecule has 3 heteroatoms. The molecule has 1 aliphatic rings. The topological polar surface area (TPSA) is 37.8 Å². The maximum atomic E-state index is 4.86. The number of fused-ring (bicyclic) bond motifs is 1. The van der Waals surface area contributed by atoms with Crippen molar-refractivity contribution in [2.45, 2.75) is 66.2 Å². The Labute approximate surface area is 130 Å². The fraction of sp³-hybridized carbons (Fsp3) is 0.778. The minimum atomic E-state index is 0.472. The van der Waals surface area contributed by atoms with E-state index in [1.54, 1.807) is 0 Å². The van der Waals surface area contributed by atoms with Gasteiger partial charge in [-0.05, 0) is 63.1 Å². The van der Waals surface area contributed by atoms with Crippen LogP contribution in [0.15, 0.2) is 0 Å². The van der Waals surface area contributed by atoms with E-state index in [4.69, 9.17) is 9.97 Å². The Bertz CT molecular complexity index is 468. The molecular formula is C18H31N3. The molecule has 3 nitrogen and oxygen atoms in total. The van der Waals surface area contributed by atoms with Gasteiger partial charge in [-0.1, -0.05) is 27.7 Å². The van der Waals surface area contributed by atoms with E-state index in [-0.39, 0.29) is 0 Å². The van der Waals surface area contributed by atoms with Gasteiger partial charge in [-0.3, -0.25) is 0 Å². The van der Waals surface area contributed by atoms with E-state index in [9.17, 15) is 0 Å². The Morgan fingerprint density at radius 2 is 2.00 bits per heavy atom. The summed E-state index contributed by atoms with van der Waals surface area (Å²) >= 11 is 0. The molecule has 1 N–H and O–H groups in total. The minimum absolute atomic E-state index is 0.472. The highest BCUT2D eigenvalue weighted by atomic mass is 14.9. The minimum Gasteiger partial charge on any atom is -0.316 e. The molecule has 21 heavy (non-hydrogen) atoms. The predicted molar refractivity (Wildman–Crippen MR) is 88.7 cm³/mol. The summed E-state index contributed by atoms with van der Waals surface area (Å²) in [5.41, 5.74) is 3.95. The van der Waals surface area contributed by atoms with Crippen LogP contribution in [0.25, 0.3) is 0 Å². The maximum absolute atomic E-state index is 4.86. The second kappa shape index (κ2) is 7.35. The van der Waals surface area contributed by atoms with Crippen LogP contribution in [0.1, 0.15) is 69.2 Å². The van der Waals surface area contributed by atoms with Gasteiger partial charge >= 0.3 is 0 Å². The predicted octanol–water partition coefficient (Wildman–Crippen LogP) is 3.65. The Morgan fingerprint density at radius 1 is 1.24 bits per heavy atom. The lowest BCUT2D eigenvalue weighted by molar-refractivity contribution is 0.403. The molecule has 1 heterocycles. The van der Waals surface area contributed by atoms with E-state index < -0.39 is 0 Å². The van der Waals surface area contributed by atoms with Crippen LogP contribution >= 0.6 is 0 Å². The van der Waals surface area contributed by atoms with Gasteiger partial charge in [0.05, 0.1) is 0 Å². The first-order valence-electron chi connectivity index (χ1n) is 8.58. The van der Waals surface area contributed by atoms with Crippen molar-refractivity contribution in [3.63, 3.8) is 0 Å². The molecular weight excluding hydrogens is 258 g/mol. The number of aryl methyl sites for hydroxylation is 2. The van der Waals surface area contributed by atoms with Crippen molar-refractivity contribution in [3.05, 3.63) is 22.8 Å². The van der Waals surface area contributed by atoms with Gasteiger partial charge in [-0.25, -0.2) is 9.97 Å². The van der Waals surface area contributed by atoms with Gasteiger partial charge in [0.25, 0.3) is 0 Å². The quantitative estimate of drug-likeness (QED) is 0.868. The monoisotopic (exact) mass is 289 g/mol. The van der Waals surface area contributed by atoms with E-state index in [1.165, 1.54) is 23.4 Å². The van der Waals surface area contributed by atoms with Crippen LogP contribution < -0.4 is 5.32 Å². The van der Waals surface area contributed by atoms with Gasteiger partial charge in [0.2, 0.25) is 0 Å². The van der Waals surface area contributed by atoms with E-state index in [1.807, 2.05) is 0 Å². The van der Waals surface area contributed by atoms with Crippen LogP contribution in [0.5, 0.6) is 0 Å². The second-order valence-corrected chi connectivity index (χ2v) is 7.06. The summed E-state index contributed by atoms with van der Waals surface area (Å²) < 4.78 is 0. The molecule has 118 valence electrons. The van der Waals surface area contributed by atoms with Crippen molar-refractivity contribution in [2.24, 2.45) is 11.8 Å². The molecule has 1 aliphatic carbocycles. The first kappa shape index (κ1) is 16.4. The third kappa shape index (κ3) is 4.26. The molecule has 2 atom stereocenters. The van der Waals surface area contributed by atoms with Gasteiger partial charge < -0.3 is 5.32 Å². The summed E-state index contributed by atoms with van der Waals surface area (Å²) in [6, 6.07) is 0. The molecule has 0 spiro atoms. The lowest BCUT2D eigenvalue weighted by Gasteiger charge is -2.26. The number of aromatic nitrogens is 2. The third-order valence-electron chi connectivity index (χ3n) is 4.64. The van der Waals surface area contributed by atoms with Crippen LogP contribution in [0.4, 0.5) is 0 Å². The van der Waals surface area contributed by atoms with Gasteiger partial charge in [-0.15, -0.1) is 0 Å². The average Bonchev–Trinajstić information content (AvgIpc) is 2.46. The van der Waals surface area contributed by atoms with E-state index in [2.05, 4.69) is 39.9 Å². The molecule has 0 aromatic carbocycles. The van der Waals surface area contributed by atoms with Crippen LogP contribution in [0.3, 0.4) is 0 Å². The van der Waals surface area contributed by atoms with Crippen molar-refractivity contribution in [3.8, 4) is 0 Å². The molecule has 2 rings (SSSR count). The van der Waals surface area contributed by atoms with Crippen LogP contribution in [0.2, 0.25) is 0 Å². The van der Waals surface area contributed by atoms with Crippen molar-refractivity contribution >= 4 is 0 Å². The third-order valence-corrected chi connectivity index (χ3v) is 4.64. The molecule has 0 saturated heterocycles.